The van der Waals surface area contributed by atoms with E-state index in [1.807, 2.05) is 6.92 Å². The fourth-order valence-electron chi connectivity index (χ4n) is 1.21. The molecule has 2 atom stereocenters. The normalized spacial score (nSPS) is 14.1. The van der Waals surface area contributed by atoms with Crippen LogP contribution in [0.3, 0.4) is 0 Å². The fourth-order valence-corrected chi connectivity index (χ4v) is 1.21. The summed E-state index contributed by atoms with van der Waals surface area (Å²) in [6.45, 7) is 3.63. The van der Waals surface area contributed by atoms with Crippen molar-refractivity contribution in [3.05, 3.63) is 12.2 Å². The van der Waals surface area contributed by atoms with Crippen LogP contribution in [0, 0.1) is 5.92 Å². The number of carbonyl (C=O) groups excluding carboxylic acids is 1. The molecule has 3 N–H and O–H groups in total. The van der Waals surface area contributed by atoms with Crippen LogP contribution in [0.4, 0.5) is 0 Å². The standard InChI is InChI=1S/C9H14N4O3/c1-3-5(2)6(9(15)16)12-8(14)7-10-4-11-13-7/h4-6H,3H2,1-2H3,(H,12,14)(H,15,16)(H,10,11,13)/t5?,6-/m0/s1. The molecule has 0 aliphatic rings. The van der Waals surface area contributed by atoms with E-state index in [9.17, 15) is 9.59 Å². The number of H-pyrrole nitrogens is 1. The number of aromatic nitrogens is 3. The van der Waals surface area contributed by atoms with E-state index >= 15 is 0 Å². The van der Waals surface area contributed by atoms with Gasteiger partial charge < -0.3 is 10.4 Å². The maximum absolute atomic E-state index is 11.5. The Kier molecular flexibility index (Phi) is 3.98. The molecule has 1 heterocycles. The quantitative estimate of drug-likeness (QED) is 0.656. The summed E-state index contributed by atoms with van der Waals surface area (Å²) in [7, 11) is 0. The lowest BCUT2D eigenvalue weighted by molar-refractivity contribution is -0.140. The van der Waals surface area contributed by atoms with Gasteiger partial charge in [-0.1, -0.05) is 20.3 Å². The minimum absolute atomic E-state index is 0.00885. The number of aromatic amines is 1. The molecule has 7 nitrogen and oxygen atoms in total. The van der Waals surface area contributed by atoms with Crippen LogP contribution < -0.4 is 5.32 Å². The Morgan fingerprint density at radius 3 is 2.75 bits per heavy atom. The Morgan fingerprint density at radius 1 is 1.62 bits per heavy atom. The Labute approximate surface area is 92.3 Å². The monoisotopic (exact) mass is 226 g/mol. The highest BCUT2D eigenvalue weighted by Crippen LogP contribution is 2.08. The number of nitrogens with one attached hydrogen (secondary N) is 2. The first-order valence-corrected chi connectivity index (χ1v) is 4.95. The van der Waals surface area contributed by atoms with Gasteiger partial charge in [-0.2, -0.15) is 5.10 Å². The van der Waals surface area contributed by atoms with Crippen LogP contribution in [-0.2, 0) is 4.79 Å². The van der Waals surface area contributed by atoms with Gasteiger partial charge in [0.2, 0.25) is 5.82 Å². The van der Waals surface area contributed by atoms with Crippen LogP contribution >= 0.6 is 0 Å². The molecule has 88 valence electrons. The van der Waals surface area contributed by atoms with E-state index in [0.717, 1.165) is 0 Å². The summed E-state index contributed by atoms with van der Waals surface area (Å²) in [5.41, 5.74) is 0. The molecule has 0 bridgehead atoms. The summed E-state index contributed by atoms with van der Waals surface area (Å²) in [5, 5.41) is 17.2. The maximum atomic E-state index is 11.5. The first-order chi connectivity index (χ1) is 7.56. The summed E-state index contributed by atoms with van der Waals surface area (Å²) in [6.07, 6.45) is 1.85. The number of nitrogens with zero attached hydrogens (tertiary/aromatic N) is 2. The number of carbonyl (C=O) groups is 2. The molecule has 1 amide bonds. The molecule has 0 aliphatic carbocycles. The first kappa shape index (κ1) is 12.2. The van der Waals surface area contributed by atoms with Crippen LogP contribution in [0.1, 0.15) is 30.9 Å². The van der Waals surface area contributed by atoms with Gasteiger partial charge in [-0.3, -0.25) is 9.89 Å². The van der Waals surface area contributed by atoms with Gasteiger partial charge in [-0.15, -0.1) is 0 Å². The van der Waals surface area contributed by atoms with Crippen molar-refractivity contribution in [2.24, 2.45) is 5.92 Å². The molecule has 16 heavy (non-hydrogen) atoms. The van der Waals surface area contributed by atoms with E-state index in [-0.39, 0.29) is 11.7 Å². The number of aliphatic carboxylic acids is 1. The van der Waals surface area contributed by atoms with E-state index in [0.29, 0.717) is 6.42 Å². The molecule has 1 rings (SSSR count). The maximum Gasteiger partial charge on any atom is 0.326 e. The molecule has 0 saturated heterocycles. The zero-order chi connectivity index (χ0) is 12.1. The molecule has 0 aliphatic heterocycles. The Hall–Kier alpha value is -1.92. The highest BCUT2D eigenvalue weighted by molar-refractivity contribution is 5.93. The second-order valence-corrected chi connectivity index (χ2v) is 3.51. The number of carboxylic acid groups (broad SMARTS) is 1. The van der Waals surface area contributed by atoms with Crippen LogP contribution in [0.2, 0.25) is 0 Å². The van der Waals surface area contributed by atoms with Gasteiger partial charge in [0, 0.05) is 0 Å². The van der Waals surface area contributed by atoms with Crippen LogP contribution in [0.25, 0.3) is 0 Å². The molecule has 7 heteroatoms. The van der Waals surface area contributed by atoms with Crippen molar-refractivity contribution in [3.8, 4) is 0 Å². The molecular weight excluding hydrogens is 212 g/mol. The van der Waals surface area contributed by atoms with E-state index in [2.05, 4.69) is 20.5 Å². The Bertz CT molecular complexity index is 363. The third-order valence-corrected chi connectivity index (χ3v) is 2.40. The number of carboxylic acids is 1. The first-order valence-electron chi connectivity index (χ1n) is 4.95. The lowest BCUT2D eigenvalue weighted by Crippen LogP contribution is -2.45. The van der Waals surface area contributed by atoms with Crippen molar-refractivity contribution in [2.45, 2.75) is 26.3 Å². The van der Waals surface area contributed by atoms with E-state index < -0.39 is 17.9 Å². The zero-order valence-corrected chi connectivity index (χ0v) is 9.10. The summed E-state index contributed by atoms with van der Waals surface area (Å²) in [6, 6.07) is -0.914. The fraction of sp³-hybridized carbons (Fsp3) is 0.556. The van der Waals surface area contributed by atoms with Crippen LogP contribution in [0.15, 0.2) is 6.33 Å². The minimum Gasteiger partial charge on any atom is -0.480 e. The molecule has 1 aromatic rings. The predicted octanol–water partition coefficient (Wildman–Crippen LogP) is 0.0338. The van der Waals surface area contributed by atoms with Crippen molar-refractivity contribution in [1.29, 1.82) is 0 Å². The third-order valence-electron chi connectivity index (χ3n) is 2.40. The average Bonchev–Trinajstić information content (AvgIpc) is 2.77. The predicted molar refractivity (Wildman–Crippen MR) is 54.7 cm³/mol. The van der Waals surface area contributed by atoms with Gasteiger partial charge >= 0.3 is 5.97 Å². The van der Waals surface area contributed by atoms with Gasteiger partial charge in [0.05, 0.1) is 0 Å². The van der Waals surface area contributed by atoms with Crippen LogP contribution in [-0.4, -0.2) is 38.2 Å². The smallest absolute Gasteiger partial charge is 0.326 e. The second-order valence-electron chi connectivity index (χ2n) is 3.51. The van der Waals surface area contributed by atoms with Gasteiger partial charge in [-0.25, -0.2) is 9.78 Å². The minimum atomic E-state index is -1.05. The molecule has 0 fully saturated rings. The molecular formula is C9H14N4O3. The molecule has 0 radical (unpaired) electrons. The Balaban J connectivity index is 2.69. The van der Waals surface area contributed by atoms with E-state index in [4.69, 9.17) is 5.11 Å². The molecule has 0 spiro atoms. The van der Waals surface area contributed by atoms with Gasteiger partial charge in [0.25, 0.3) is 5.91 Å². The summed E-state index contributed by atoms with van der Waals surface area (Å²) < 4.78 is 0. The lowest BCUT2D eigenvalue weighted by Gasteiger charge is -2.19. The van der Waals surface area contributed by atoms with E-state index in [1.54, 1.807) is 6.92 Å². The highest BCUT2D eigenvalue weighted by Gasteiger charge is 2.26. The number of hydrogen-bond donors (Lipinski definition) is 3. The largest absolute Gasteiger partial charge is 0.480 e. The molecule has 0 aromatic carbocycles. The SMILES string of the molecule is CCC(C)[C@H](NC(=O)c1ncn[nH]1)C(=O)O. The molecule has 1 unspecified atom stereocenters. The number of amides is 1. The van der Waals surface area contributed by atoms with Gasteiger partial charge in [0.15, 0.2) is 0 Å². The third kappa shape index (κ3) is 2.78. The lowest BCUT2D eigenvalue weighted by atomic mass is 9.99. The Morgan fingerprint density at radius 2 is 2.31 bits per heavy atom. The summed E-state index contributed by atoms with van der Waals surface area (Å²) >= 11 is 0. The molecule has 1 aromatic heterocycles. The molecule has 0 saturated carbocycles. The zero-order valence-electron chi connectivity index (χ0n) is 9.10. The highest BCUT2D eigenvalue weighted by atomic mass is 16.4. The van der Waals surface area contributed by atoms with Crippen molar-refractivity contribution in [3.63, 3.8) is 0 Å². The van der Waals surface area contributed by atoms with E-state index in [1.165, 1.54) is 6.33 Å². The number of hydrogen-bond acceptors (Lipinski definition) is 4. The average molecular weight is 226 g/mol. The number of rotatable bonds is 5. The van der Waals surface area contributed by atoms with Crippen molar-refractivity contribution < 1.29 is 14.7 Å². The summed E-state index contributed by atoms with van der Waals surface area (Å²) in [4.78, 5) is 26.1. The van der Waals surface area contributed by atoms with Crippen LogP contribution in [0.5, 0.6) is 0 Å². The van der Waals surface area contributed by atoms with Gasteiger partial charge in [0.1, 0.15) is 12.4 Å². The summed E-state index contributed by atoms with van der Waals surface area (Å²) in [5.74, 6) is -1.76. The van der Waals surface area contributed by atoms with Crippen molar-refractivity contribution in [1.82, 2.24) is 20.5 Å². The second kappa shape index (κ2) is 5.24. The van der Waals surface area contributed by atoms with Crippen molar-refractivity contribution >= 4 is 11.9 Å². The van der Waals surface area contributed by atoms with Gasteiger partial charge in [-0.05, 0) is 5.92 Å². The van der Waals surface area contributed by atoms with Crippen molar-refractivity contribution in [2.75, 3.05) is 0 Å². The topological polar surface area (TPSA) is 108 Å².